The Morgan fingerprint density at radius 1 is 1.16 bits per heavy atom. The molecule has 0 saturated heterocycles. The van der Waals surface area contributed by atoms with E-state index in [1.54, 1.807) is 51.1 Å². The van der Waals surface area contributed by atoms with Crippen molar-refractivity contribution in [3.05, 3.63) is 35.9 Å². The summed E-state index contributed by atoms with van der Waals surface area (Å²) in [4.78, 5) is 23.0. The van der Waals surface area contributed by atoms with Gasteiger partial charge in [0.2, 0.25) is 0 Å². The fourth-order valence-corrected chi connectivity index (χ4v) is 1.66. The normalized spacial score (nSPS) is 14.5. The summed E-state index contributed by atoms with van der Waals surface area (Å²) in [6.07, 6.45) is -1.37. The molecule has 0 bridgehead atoms. The maximum atomic E-state index is 11.9. The molecule has 1 amide bonds. The Labute approximate surface area is 112 Å². The van der Waals surface area contributed by atoms with Gasteiger partial charge in [-0.25, -0.2) is 4.79 Å². The lowest BCUT2D eigenvalue weighted by Crippen LogP contribution is -2.50. The lowest BCUT2D eigenvalue weighted by atomic mass is 9.86. The summed E-state index contributed by atoms with van der Waals surface area (Å²) in [7, 11) is 0. The number of hydrogen-bond donors (Lipinski definition) is 3. The molecule has 19 heavy (non-hydrogen) atoms. The summed E-state index contributed by atoms with van der Waals surface area (Å²) < 4.78 is 0. The Morgan fingerprint density at radius 2 is 1.68 bits per heavy atom. The molecule has 0 aromatic heterocycles. The number of aliphatic hydroxyl groups is 1. The second kappa shape index (κ2) is 5.84. The van der Waals surface area contributed by atoms with E-state index in [4.69, 9.17) is 5.11 Å². The number of aliphatic hydroxyl groups excluding tert-OH is 1. The predicted molar refractivity (Wildman–Crippen MR) is 70.4 cm³/mol. The van der Waals surface area contributed by atoms with Crippen molar-refractivity contribution >= 4 is 11.9 Å². The Kier molecular flexibility index (Phi) is 4.67. The first-order valence-electron chi connectivity index (χ1n) is 5.99. The maximum absolute atomic E-state index is 11.9. The van der Waals surface area contributed by atoms with Gasteiger partial charge in [0.25, 0.3) is 5.91 Å². The first kappa shape index (κ1) is 15.2. The van der Waals surface area contributed by atoms with Crippen molar-refractivity contribution in [2.45, 2.75) is 32.9 Å². The van der Waals surface area contributed by atoms with Crippen molar-refractivity contribution < 1.29 is 19.8 Å². The third-order valence-corrected chi connectivity index (χ3v) is 2.76. The number of carbonyl (C=O) groups excluding carboxylic acids is 1. The molecule has 0 aliphatic heterocycles. The van der Waals surface area contributed by atoms with E-state index in [0.717, 1.165) is 0 Å². The molecule has 0 spiro atoms. The Balaban J connectivity index is 2.81. The average Bonchev–Trinajstić information content (AvgIpc) is 2.34. The first-order chi connectivity index (χ1) is 8.73. The minimum absolute atomic E-state index is 0.429. The van der Waals surface area contributed by atoms with Crippen LogP contribution in [0.25, 0.3) is 0 Å². The average molecular weight is 265 g/mol. The summed E-state index contributed by atoms with van der Waals surface area (Å²) in [6.45, 7) is 5.13. The van der Waals surface area contributed by atoms with E-state index in [9.17, 15) is 14.7 Å². The van der Waals surface area contributed by atoms with Crippen LogP contribution in [-0.2, 0) is 9.59 Å². The molecule has 3 N–H and O–H groups in total. The van der Waals surface area contributed by atoms with Crippen LogP contribution in [0, 0.1) is 5.41 Å². The fraction of sp³-hybridized carbons (Fsp3) is 0.429. The third kappa shape index (κ3) is 4.06. The predicted octanol–water partition coefficient (Wildman–Crippen LogP) is 1.34. The second-order valence-electron chi connectivity index (χ2n) is 5.46. The van der Waals surface area contributed by atoms with Gasteiger partial charge in [0.15, 0.2) is 6.10 Å². The summed E-state index contributed by atoms with van der Waals surface area (Å²) in [5.41, 5.74) is -0.212. The molecule has 0 radical (unpaired) electrons. The summed E-state index contributed by atoms with van der Waals surface area (Å²) in [6, 6.07) is 7.32. The number of carboxylic acid groups (broad SMARTS) is 1. The number of aliphatic carboxylic acids is 1. The van der Waals surface area contributed by atoms with E-state index in [1.807, 2.05) is 0 Å². The minimum Gasteiger partial charge on any atom is -0.480 e. The summed E-state index contributed by atoms with van der Waals surface area (Å²) in [5, 5.41) is 21.4. The van der Waals surface area contributed by atoms with Crippen LogP contribution in [0.4, 0.5) is 0 Å². The van der Waals surface area contributed by atoms with E-state index in [1.165, 1.54) is 0 Å². The molecule has 0 fully saturated rings. The van der Waals surface area contributed by atoms with Crippen LogP contribution in [0.2, 0.25) is 0 Å². The molecule has 1 rings (SSSR count). The van der Waals surface area contributed by atoms with Gasteiger partial charge in [0.05, 0.1) is 0 Å². The third-order valence-electron chi connectivity index (χ3n) is 2.76. The molecule has 1 aromatic rings. The highest BCUT2D eigenvalue weighted by Crippen LogP contribution is 2.21. The molecule has 0 saturated carbocycles. The molecule has 0 aliphatic carbocycles. The first-order valence-corrected chi connectivity index (χ1v) is 5.99. The molecule has 5 nitrogen and oxygen atoms in total. The Bertz CT molecular complexity index is 450. The Morgan fingerprint density at radius 3 is 2.11 bits per heavy atom. The van der Waals surface area contributed by atoms with Crippen LogP contribution in [0.1, 0.15) is 32.4 Å². The van der Waals surface area contributed by atoms with Gasteiger partial charge in [-0.15, -0.1) is 0 Å². The van der Waals surface area contributed by atoms with Crippen LogP contribution in [0.15, 0.2) is 30.3 Å². The largest absolute Gasteiger partial charge is 0.480 e. The number of nitrogens with one attached hydrogen (secondary N) is 1. The van der Waals surface area contributed by atoms with Crippen LogP contribution >= 0.6 is 0 Å². The van der Waals surface area contributed by atoms with Crippen molar-refractivity contribution in [3.63, 3.8) is 0 Å². The molecule has 2 atom stereocenters. The van der Waals surface area contributed by atoms with Crippen molar-refractivity contribution in [1.29, 1.82) is 0 Å². The summed E-state index contributed by atoms with van der Waals surface area (Å²) >= 11 is 0. The van der Waals surface area contributed by atoms with Crippen molar-refractivity contribution in [2.75, 3.05) is 0 Å². The van der Waals surface area contributed by atoms with Crippen LogP contribution in [0.3, 0.4) is 0 Å². The second-order valence-corrected chi connectivity index (χ2v) is 5.46. The van der Waals surface area contributed by atoms with Gasteiger partial charge in [-0.05, 0) is 11.0 Å². The lowest BCUT2D eigenvalue weighted by molar-refractivity contribution is -0.146. The fourth-order valence-electron chi connectivity index (χ4n) is 1.66. The van der Waals surface area contributed by atoms with Gasteiger partial charge in [0.1, 0.15) is 6.04 Å². The number of carbonyl (C=O) groups is 2. The van der Waals surface area contributed by atoms with E-state index in [-0.39, 0.29) is 0 Å². The molecule has 5 heteroatoms. The van der Waals surface area contributed by atoms with Crippen molar-refractivity contribution in [2.24, 2.45) is 5.41 Å². The van der Waals surface area contributed by atoms with E-state index >= 15 is 0 Å². The standard InChI is InChI=1S/C14H19NO4/c1-14(2,3)11(13(18)19)15-12(17)10(16)9-7-5-4-6-8-9/h4-8,10-11,16H,1-3H3,(H,15,17)(H,18,19)/t10?,11-/m1/s1. The van der Waals surface area contributed by atoms with Crippen molar-refractivity contribution in [3.8, 4) is 0 Å². The minimum atomic E-state index is -1.37. The lowest BCUT2D eigenvalue weighted by Gasteiger charge is -2.28. The van der Waals surface area contributed by atoms with Crippen LogP contribution in [0.5, 0.6) is 0 Å². The zero-order valence-corrected chi connectivity index (χ0v) is 11.3. The molecule has 1 unspecified atom stereocenters. The zero-order chi connectivity index (χ0) is 14.6. The summed E-state index contributed by atoms with van der Waals surface area (Å²) in [5.74, 6) is -1.84. The van der Waals surface area contributed by atoms with Gasteiger partial charge >= 0.3 is 5.97 Å². The number of benzene rings is 1. The number of hydrogen-bond acceptors (Lipinski definition) is 3. The molecule has 1 aromatic carbocycles. The molecule has 0 heterocycles. The topological polar surface area (TPSA) is 86.6 Å². The molecular weight excluding hydrogens is 246 g/mol. The van der Waals surface area contributed by atoms with Crippen molar-refractivity contribution in [1.82, 2.24) is 5.32 Å². The van der Waals surface area contributed by atoms with E-state index in [2.05, 4.69) is 5.32 Å². The number of rotatable bonds is 4. The molecule has 0 aliphatic rings. The van der Waals surface area contributed by atoms with Gasteiger partial charge in [0, 0.05) is 0 Å². The van der Waals surface area contributed by atoms with Gasteiger partial charge < -0.3 is 15.5 Å². The quantitative estimate of drug-likeness (QED) is 0.766. The zero-order valence-electron chi connectivity index (χ0n) is 11.3. The highest BCUT2D eigenvalue weighted by atomic mass is 16.4. The van der Waals surface area contributed by atoms with Crippen LogP contribution in [-0.4, -0.2) is 28.1 Å². The highest BCUT2D eigenvalue weighted by molar-refractivity contribution is 5.87. The smallest absolute Gasteiger partial charge is 0.326 e. The molecular formula is C14H19NO4. The highest BCUT2D eigenvalue weighted by Gasteiger charge is 2.34. The maximum Gasteiger partial charge on any atom is 0.326 e. The SMILES string of the molecule is CC(C)(C)[C@H](NC(=O)C(O)c1ccccc1)C(=O)O. The van der Waals surface area contributed by atoms with Crippen LogP contribution < -0.4 is 5.32 Å². The number of carboxylic acids is 1. The Hall–Kier alpha value is -1.88. The monoisotopic (exact) mass is 265 g/mol. The van der Waals surface area contributed by atoms with E-state index in [0.29, 0.717) is 5.56 Å². The van der Waals surface area contributed by atoms with E-state index < -0.39 is 29.4 Å². The van der Waals surface area contributed by atoms with Gasteiger partial charge in [-0.2, -0.15) is 0 Å². The molecule has 104 valence electrons. The van der Waals surface area contributed by atoms with Gasteiger partial charge in [-0.1, -0.05) is 51.1 Å². The van der Waals surface area contributed by atoms with Gasteiger partial charge in [-0.3, -0.25) is 4.79 Å². The number of amides is 1.